The first-order valence-corrected chi connectivity index (χ1v) is 10.8. The summed E-state index contributed by atoms with van der Waals surface area (Å²) in [4.78, 5) is 0.217. The highest BCUT2D eigenvalue weighted by molar-refractivity contribution is 7.89. The second kappa shape index (κ2) is 6.20. The Balaban J connectivity index is 1.46. The summed E-state index contributed by atoms with van der Waals surface area (Å²) in [7, 11) is -3.66. The molecule has 0 bridgehead atoms. The highest BCUT2D eigenvalue weighted by Gasteiger charge is 2.38. The smallest absolute Gasteiger partial charge is 0.243 e. The maximum Gasteiger partial charge on any atom is 0.243 e. The van der Waals surface area contributed by atoms with Crippen LogP contribution in [-0.4, -0.2) is 47.2 Å². The van der Waals surface area contributed by atoms with E-state index in [0.717, 1.165) is 25.1 Å². The van der Waals surface area contributed by atoms with Gasteiger partial charge >= 0.3 is 0 Å². The van der Waals surface area contributed by atoms with Crippen molar-refractivity contribution >= 4 is 10.0 Å². The standard InChI is InChI=1S/C18H22N4O4S/c1-12-10-21(11-17-19-20-18(22(12)17)13-3-4-13)27(23,24)14-5-6-15-16(9-14)26-8-2-7-25-15/h5-6,9,12-13H,2-4,7-8,10-11H2,1H3/t12-/m0/s1. The lowest BCUT2D eigenvalue weighted by molar-refractivity contribution is 0.287. The molecule has 0 spiro atoms. The molecular weight excluding hydrogens is 368 g/mol. The quantitative estimate of drug-likeness (QED) is 0.798. The van der Waals surface area contributed by atoms with Crippen LogP contribution in [0.4, 0.5) is 0 Å². The fourth-order valence-electron chi connectivity index (χ4n) is 3.78. The summed E-state index contributed by atoms with van der Waals surface area (Å²) < 4.78 is 41.3. The summed E-state index contributed by atoms with van der Waals surface area (Å²) in [5.41, 5.74) is 0. The van der Waals surface area contributed by atoms with Crippen LogP contribution in [0.1, 0.15) is 49.8 Å². The molecule has 2 aromatic rings. The zero-order valence-corrected chi connectivity index (χ0v) is 16.0. The Morgan fingerprint density at radius 3 is 2.67 bits per heavy atom. The molecule has 1 saturated carbocycles. The second-order valence-electron chi connectivity index (χ2n) is 7.42. The van der Waals surface area contributed by atoms with E-state index in [1.54, 1.807) is 18.2 Å². The molecule has 0 amide bonds. The van der Waals surface area contributed by atoms with Crippen LogP contribution in [0.25, 0.3) is 0 Å². The van der Waals surface area contributed by atoms with E-state index < -0.39 is 10.0 Å². The van der Waals surface area contributed by atoms with Gasteiger partial charge in [0.1, 0.15) is 11.6 Å². The van der Waals surface area contributed by atoms with E-state index in [9.17, 15) is 8.42 Å². The molecule has 0 saturated heterocycles. The summed E-state index contributed by atoms with van der Waals surface area (Å²) in [6, 6.07) is 4.83. The number of rotatable bonds is 3. The molecule has 27 heavy (non-hydrogen) atoms. The van der Waals surface area contributed by atoms with Crippen molar-refractivity contribution in [3.8, 4) is 11.5 Å². The van der Waals surface area contributed by atoms with Crippen LogP contribution in [0.15, 0.2) is 23.1 Å². The summed E-state index contributed by atoms with van der Waals surface area (Å²) in [6.07, 6.45) is 3.06. The van der Waals surface area contributed by atoms with Crippen LogP contribution >= 0.6 is 0 Å². The number of benzene rings is 1. The van der Waals surface area contributed by atoms with E-state index in [2.05, 4.69) is 14.8 Å². The van der Waals surface area contributed by atoms with Gasteiger partial charge in [0.05, 0.1) is 24.7 Å². The van der Waals surface area contributed by atoms with E-state index in [1.165, 1.54) is 4.31 Å². The minimum atomic E-state index is -3.66. The number of fused-ring (bicyclic) bond motifs is 2. The summed E-state index contributed by atoms with van der Waals surface area (Å²) in [6.45, 7) is 3.75. The number of hydrogen-bond donors (Lipinski definition) is 0. The maximum absolute atomic E-state index is 13.2. The van der Waals surface area contributed by atoms with Crippen LogP contribution in [-0.2, 0) is 16.6 Å². The van der Waals surface area contributed by atoms with Gasteiger partial charge in [0.25, 0.3) is 0 Å². The Morgan fingerprint density at radius 2 is 1.89 bits per heavy atom. The van der Waals surface area contributed by atoms with Gasteiger partial charge in [-0.1, -0.05) is 0 Å². The molecule has 2 aliphatic heterocycles. The molecule has 1 atom stereocenters. The summed E-state index contributed by atoms with van der Waals surface area (Å²) >= 11 is 0. The predicted molar refractivity (Wildman–Crippen MR) is 96.4 cm³/mol. The number of aromatic nitrogens is 3. The van der Waals surface area contributed by atoms with Gasteiger partial charge in [0.15, 0.2) is 11.5 Å². The first-order valence-electron chi connectivity index (χ1n) is 9.37. The van der Waals surface area contributed by atoms with Crippen LogP contribution in [0.5, 0.6) is 11.5 Å². The average Bonchev–Trinajstić information content (AvgIpc) is 3.44. The zero-order chi connectivity index (χ0) is 18.6. The van der Waals surface area contributed by atoms with Gasteiger partial charge in [-0.15, -0.1) is 10.2 Å². The van der Waals surface area contributed by atoms with Crippen LogP contribution in [0.2, 0.25) is 0 Å². The Morgan fingerprint density at radius 1 is 1.11 bits per heavy atom. The topological polar surface area (TPSA) is 86.6 Å². The Hall–Kier alpha value is -2.13. The lowest BCUT2D eigenvalue weighted by atomic mass is 10.2. The second-order valence-corrected chi connectivity index (χ2v) is 9.36. The van der Waals surface area contributed by atoms with Crippen molar-refractivity contribution in [2.45, 2.75) is 49.6 Å². The van der Waals surface area contributed by atoms with E-state index in [-0.39, 0.29) is 17.5 Å². The van der Waals surface area contributed by atoms with Gasteiger partial charge in [-0.2, -0.15) is 4.31 Å². The molecular formula is C18H22N4O4S. The normalized spacial score (nSPS) is 22.9. The third-order valence-electron chi connectivity index (χ3n) is 5.32. The molecule has 1 aromatic carbocycles. The number of nitrogens with zero attached hydrogens (tertiary/aromatic N) is 4. The van der Waals surface area contributed by atoms with E-state index >= 15 is 0 Å². The van der Waals surface area contributed by atoms with Gasteiger partial charge in [0.2, 0.25) is 10.0 Å². The lowest BCUT2D eigenvalue weighted by Crippen LogP contribution is -2.40. The fraction of sp³-hybridized carbons (Fsp3) is 0.556. The molecule has 0 unspecified atom stereocenters. The molecule has 3 heterocycles. The summed E-state index contributed by atoms with van der Waals surface area (Å²) in [5.74, 6) is 3.28. The molecule has 0 N–H and O–H groups in total. The molecule has 144 valence electrons. The summed E-state index contributed by atoms with van der Waals surface area (Å²) in [5, 5.41) is 8.59. The van der Waals surface area contributed by atoms with Crippen molar-refractivity contribution in [2.75, 3.05) is 19.8 Å². The minimum absolute atomic E-state index is 0.00883. The van der Waals surface area contributed by atoms with Crippen LogP contribution in [0, 0.1) is 0 Å². The highest BCUT2D eigenvalue weighted by atomic mass is 32.2. The first kappa shape index (κ1) is 17.0. The molecule has 8 nitrogen and oxygen atoms in total. The van der Waals surface area contributed by atoms with Crippen molar-refractivity contribution < 1.29 is 17.9 Å². The lowest BCUT2D eigenvalue weighted by Gasteiger charge is -2.32. The predicted octanol–water partition coefficient (Wildman–Crippen LogP) is 2.08. The van der Waals surface area contributed by atoms with Crippen molar-refractivity contribution in [3.63, 3.8) is 0 Å². The van der Waals surface area contributed by atoms with Crippen molar-refractivity contribution in [1.82, 2.24) is 19.1 Å². The van der Waals surface area contributed by atoms with Crippen molar-refractivity contribution in [2.24, 2.45) is 0 Å². The third-order valence-corrected chi connectivity index (χ3v) is 7.13. The van der Waals surface area contributed by atoms with Gasteiger partial charge in [-0.25, -0.2) is 8.42 Å². The zero-order valence-electron chi connectivity index (χ0n) is 15.2. The SMILES string of the molecule is C[C@H]1CN(S(=O)(=O)c2ccc3c(c2)OCCCO3)Cc2nnc(C3CC3)n21. The van der Waals surface area contributed by atoms with E-state index in [0.29, 0.717) is 43.0 Å². The number of sulfonamides is 1. The molecule has 1 aliphatic carbocycles. The first-order chi connectivity index (χ1) is 13.0. The monoisotopic (exact) mass is 390 g/mol. The number of hydrogen-bond acceptors (Lipinski definition) is 6. The molecule has 0 radical (unpaired) electrons. The van der Waals surface area contributed by atoms with E-state index in [1.807, 2.05) is 6.92 Å². The van der Waals surface area contributed by atoms with Gasteiger partial charge in [-0.05, 0) is 31.9 Å². The average molecular weight is 390 g/mol. The fourth-order valence-corrected chi connectivity index (χ4v) is 5.27. The Bertz CT molecular complexity index is 983. The van der Waals surface area contributed by atoms with Crippen molar-refractivity contribution in [3.05, 3.63) is 29.8 Å². The highest BCUT2D eigenvalue weighted by Crippen LogP contribution is 2.41. The third kappa shape index (κ3) is 2.89. The van der Waals surface area contributed by atoms with E-state index in [4.69, 9.17) is 9.47 Å². The maximum atomic E-state index is 13.2. The molecule has 3 aliphatic rings. The largest absolute Gasteiger partial charge is 0.490 e. The molecule has 1 aromatic heterocycles. The molecule has 5 rings (SSSR count). The molecule has 9 heteroatoms. The molecule has 1 fully saturated rings. The van der Waals surface area contributed by atoms with Gasteiger partial charge in [-0.3, -0.25) is 0 Å². The Labute approximate surface area is 158 Å². The number of ether oxygens (including phenoxy) is 2. The van der Waals surface area contributed by atoms with Crippen LogP contribution < -0.4 is 9.47 Å². The van der Waals surface area contributed by atoms with Crippen LogP contribution in [0.3, 0.4) is 0 Å². The Kier molecular flexibility index (Phi) is 3.90. The van der Waals surface area contributed by atoms with Crippen molar-refractivity contribution in [1.29, 1.82) is 0 Å². The minimum Gasteiger partial charge on any atom is -0.490 e. The van der Waals surface area contributed by atoms with Gasteiger partial charge in [0, 0.05) is 31.0 Å². The van der Waals surface area contributed by atoms with Gasteiger partial charge < -0.3 is 14.0 Å².